The number of nitrogens with zero attached hydrogens (tertiary/aromatic N) is 1. The van der Waals surface area contributed by atoms with Crippen LogP contribution in [0.4, 0.5) is 9.18 Å². The third-order valence-electron chi connectivity index (χ3n) is 2.21. The molecule has 5 nitrogen and oxygen atoms in total. The number of aromatic amines is 1. The van der Waals surface area contributed by atoms with E-state index in [0.29, 0.717) is 12.1 Å². The molecule has 0 fully saturated rings. The Morgan fingerprint density at radius 3 is 2.88 bits per heavy atom. The van der Waals surface area contributed by atoms with Crippen molar-refractivity contribution in [3.63, 3.8) is 0 Å². The smallest absolute Gasteiger partial charge is 0.449 e. The standard InChI is InChI=1S/C10H15FN2O3/c1-2-3-4-5-6-7-8(11)9(13-12-7)16-10(14)15/h2-6H2,1H3,(H,12,13)(H,14,15). The molecule has 0 saturated carbocycles. The van der Waals surface area contributed by atoms with Crippen molar-refractivity contribution in [1.82, 2.24) is 10.2 Å². The molecule has 16 heavy (non-hydrogen) atoms. The molecule has 0 bridgehead atoms. The first-order valence-electron chi connectivity index (χ1n) is 5.28. The Bertz CT molecular complexity index is 352. The van der Waals surface area contributed by atoms with Crippen LogP contribution in [0.1, 0.15) is 38.3 Å². The van der Waals surface area contributed by atoms with E-state index in [-0.39, 0.29) is 0 Å². The van der Waals surface area contributed by atoms with Crippen LogP contribution in [0.5, 0.6) is 5.88 Å². The first-order valence-corrected chi connectivity index (χ1v) is 5.28. The molecule has 6 heteroatoms. The first-order chi connectivity index (χ1) is 7.65. The van der Waals surface area contributed by atoms with E-state index in [0.717, 1.165) is 25.7 Å². The zero-order valence-electron chi connectivity index (χ0n) is 9.12. The van der Waals surface area contributed by atoms with Crippen molar-refractivity contribution in [1.29, 1.82) is 0 Å². The average molecular weight is 230 g/mol. The van der Waals surface area contributed by atoms with Crippen LogP contribution in [0.2, 0.25) is 0 Å². The lowest BCUT2D eigenvalue weighted by Gasteiger charge is -1.97. The molecule has 0 aliphatic rings. The van der Waals surface area contributed by atoms with Gasteiger partial charge in [0.05, 0.1) is 5.69 Å². The third kappa shape index (κ3) is 3.52. The Balaban J connectivity index is 2.48. The molecular weight excluding hydrogens is 215 g/mol. The van der Waals surface area contributed by atoms with Gasteiger partial charge in [0.25, 0.3) is 5.88 Å². The number of aromatic nitrogens is 2. The summed E-state index contributed by atoms with van der Waals surface area (Å²) in [5.74, 6) is -1.21. The average Bonchev–Trinajstić information content (AvgIpc) is 2.56. The van der Waals surface area contributed by atoms with Gasteiger partial charge in [0.1, 0.15) is 0 Å². The molecule has 0 unspecified atom stereocenters. The predicted octanol–water partition coefficient (Wildman–Crippen LogP) is 2.73. The third-order valence-corrected chi connectivity index (χ3v) is 2.21. The minimum atomic E-state index is -1.57. The van der Waals surface area contributed by atoms with E-state index in [9.17, 15) is 9.18 Å². The summed E-state index contributed by atoms with van der Waals surface area (Å²) in [5.41, 5.74) is 0.298. The molecule has 1 rings (SSSR count). The fraction of sp³-hybridized carbons (Fsp3) is 0.600. The lowest BCUT2D eigenvalue weighted by atomic mass is 10.1. The normalized spacial score (nSPS) is 10.4. The van der Waals surface area contributed by atoms with Gasteiger partial charge in [-0.15, -0.1) is 5.10 Å². The molecule has 0 amide bonds. The van der Waals surface area contributed by atoms with Crippen LogP contribution in [-0.2, 0) is 6.42 Å². The number of hydrogen-bond donors (Lipinski definition) is 2. The molecule has 0 aliphatic heterocycles. The summed E-state index contributed by atoms with van der Waals surface area (Å²) < 4.78 is 17.6. The molecule has 1 aromatic rings. The number of ether oxygens (including phenoxy) is 1. The van der Waals surface area contributed by atoms with Crippen LogP contribution in [-0.4, -0.2) is 21.5 Å². The van der Waals surface area contributed by atoms with Gasteiger partial charge in [-0.1, -0.05) is 26.2 Å². The van der Waals surface area contributed by atoms with E-state index in [1.807, 2.05) is 0 Å². The zero-order valence-corrected chi connectivity index (χ0v) is 9.12. The molecule has 0 radical (unpaired) electrons. The lowest BCUT2D eigenvalue weighted by Crippen LogP contribution is -2.04. The molecule has 0 spiro atoms. The largest absolute Gasteiger partial charge is 0.512 e. The number of unbranched alkanes of at least 4 members (excludes halogenated alkanes) is 3. The molecule has 0 aliphatic carbocycles. The first kappa shape index (κ1) is 12.5. The molecular formula is C10H15FN2O3. The molecule has 90 valence electrons. The fourth-order valence-corrected chi connectivity index (χ4v) is 1.39. The lowest BCUT2D eigenvalue weighted by molar-refractivity contribution is 0.140. The van der Waals surface area contributed by atoms with Crippen molar-refractivity contribution >= 4 is 6.16 Å². The number of rotatable bonds is 6. The Hall–Kier alpha value is -1.59. The van der Waals surface area contributed by atoms with Crippen LogP contribution < -0.4 is 4.74 Å². The van der Waals surface area contributed by atoms with E-state index in [1.165, 1.54) is 0 Å². The fourth-order valence-electron chi connectivity index (χ4n) is 1.39. The highest BCUT2D eigenvalue weighted by Crippen LogP contribution is 2.18. The molecule has 1 heterocycles. The SMILES string of the molecule is CCCCCCc1[nH]nc(OC(=O)O)c1F. The van der Waals surface area contributed by atoms with Gasteiger partial charge in [-0.3, -0.25) is 5.10 Å². The topological polar surface area (TPSA) is 75.2 Å². The summed E-state index contributed by atoms with van der Waals surface area (Å²) in [5, 5.41) is 14.2. The number of nitrogens with one attached hydrogen (secondary N) is 1. The second-order valence-corrected chi connectivity index (χ2v) is 3.50. The van der Waals surface area contributed by atoms with Crippen molar-refractivity contribution in [3.05, 3.63) is 11.5 Å². The number of halogens is 1. The van der Waals surface area contributed by atoms with Gasteiger partial charge in [0, 0.05) is 0 Å². The number of aryl methyl sites for hydroxylation is 1. The number of H-pyrrole nitrogens is 1. The van der Waals surface area contributed by atoms with E-state index in [1.54, 1.807) is 0 Å². The highest BCUT2D eigenvalue weighted by atomic mass is 19.1. The van der Waals surface area contributed by atoms with Gasteiger partial charge in [-0.2, -0.15) is 4.39 Å². The summed E-state index contributed by atoms with van der Waals surface area (Å²) in [6.45, 7) is 2.09. The highest BCUT2D eigenvalue weighted by molar-refractivity contribution is 5.60. The van der Waals surface area contributed by atoms with Gasteiger partial charge < -0.3 is 9.84 Å². The predicted molar refractivity (Wildman–Crippen MR) is 55.0 cm³/mol. The summed E-state index contributed by atoms with van der Waals surface area (Å²) in [4.78, 5) is 10.2. The highest BCUT2D eigenvalue weighted by Gasteiger charge is 2.16. The van der Waals surface area contributed by atoms with Crippen molar-refractivity contribution in [2.24, 2.45) is 0 Å². The molecule has 0 atom stereocenters. The van der Waals surface area contributed by atoms with Crippen LogP contribution >= 0.6 is 0 Å². The summed E-state index contributed by atoms with van der Waals surface area (Å²) in [6.07, 6.45) is 3.03. The Labute approximate surface area is 92.6 Å². The van der Waals surface area contributed by atoms with E-state index >= 15 is 0 Å². The molecule has 0 saturated heterocycles. The van der Waals surface area contributed by atoms with Crippen molar-refractivity contribution < 1.29 is 19.0 Å². The number of carboxylic acid groups (broad SMARTS) is 1. The van der Waals surface area contributed by atoms with Gasteiger partial charge in [0.15, 0.2) is 0 Å². The number of carbonyl (C=O) groups is 1. The Morgan fingerprint density at radius 2 is 2.25 bits per heavy atom. The van der Waals surface area contributed by atoms with E-state index < -0.39 is 17.9 Å². The quantitative estimate of drug-likeness (QED) is 0.582. The zero-order chi connectivity index (χ0) is 12.0. The molecule has 0 aromatic carbocycles. The summed E-state index contributed by atoms with van der Waals surface area (Å²) in [7, 11) is 0. The summed E-state index contributed by atoms with van der Waals surface area (Å²) in [6, 6.07) is 0. The minimum absolute atomic E-state index is 0.298. The van der Waals surface area contributed by atoms with Crippen LogP contribution in [0.25, 0.3) is 0 Å². The van der Waals surface area contributed by atoms with Crippen molar-refractivity contribution in [3.8, 4) is 5.88 Å². The summed E-state index contributed by atoms with van der Waals surface area (Å²) >= 11 is 0. The van der Waals surface area contributed by atoms with Crippen molar-refractivity contribution in [2.75, 3.05) is 0 Å². The van der Waals surface area contributed by atoms with Crippen LogP contribution in [0.3, 0.4) is 0 Å². The second kappa shape index (κ2) is 6.09. The van der Waals surface area contributed by atoms with Crippen LogP contribution in [0.15, 0.2) is 0 Å². The molecule has 2 N–H and O–H groups in total. The molecule has 1 aromatic heterocycles. The van der Waals surface area contributed by atoms with Crippen molar-refractivity contribution in [2.45, 2.75) is 39.0 Å². The van der Waals surface area contributed by atoms with Gasteiger partial charge in [-0.05, 0) is 12.8 Å². The number of hydrogen-bond acceptors (Lipinski definition) is 3. The van der Waals surface area contributed by atoms with E-state index in [2.05, 4.69) is 21.9 Å². The second-order valence-electron chi connectivity index (χ2n) is 3.50. The Kier molecular flexibility index (Phi) is 4.75. The van der Waals surface area contributed by atoms with Gasteiger partial charge in [0.2, 0.25) is 5.82 Å². The maximum atomic E-state index is 13.4. The Morgan fingerprint density at radius 1 is 1.50 bits per heavy atom. The van der Waals surface area contributed by atoms with Gasteiger partial charge in [-0.25, -0.2) is 4.79 Å². The monoisotopic (exact) mass is 230 g/mol. The van der Waals surface area contributed by atoms with Gasteiger partial charge >= 0.3 is 6.16 Å². The minimum Gasteiger partial charge on any atom is -0.449 e. The van der Waals surface area contributed by atoms with Crippen LogP contribution in [0, 0.1) is 5.82 Å². The maximum Gasteiger partial charge on any atom is 0.512 e. The maximum absolute atomic E-state index is 13.4. The van der Waals surface area contributed by atoms with E-state index in [4.69, 9.17) is 5.11 Å².